The SMILES string of the molecule is O.O=P([O-])([O-])[O-].O=P([O-])([O-])[O-].O=P([O-])([O-])[O-].O=P([O-])([O-])[O-].[Sn+4].[Sn+4].[Sn+4]. The quantitative estimate of drug-likeness (QED) is 0.164. The van der Waals surface area contributed by atoms with E-state index in [0.717, 1.165) is 0 Å². The van der Waals surface area contributed by atoms with Crippen LogP contribution in [0.2, 0.25) is 0 Å². The van der Waals surface area contributed by atoms with Crippen LogP contribution in [0.4, 0.5) is 0 Å². The maximum atomic E-state index is 8.55. The van der Waals surface area contributed by atoms with Crippen LogP contribution in [0, 0.1) is 0 Å². The van der Waals surface area contributed by atoms with Crippen LogP contribution in [0.3, 0.4) is 0 Å². The van der Waals surface area contributed by atoms with Gasteiger partial charge in [-0.25, -0.2) is 0 Å². The molecule has 24 heteroatoms. The zero-order valence-electron chi connectivity index (χ0n) is 10.3. The van der Waals surface area contributed by atoms with Crippen molar-refractivity contribution in [3.8, 4) is 0 Å². The van der Waals surface area contributed by atoms with Crippen molar-refractivity contribution in [2.45, 2.75) is 0 Å². The van der Waals surface area contributed by atoms with Gasteiger partial charge in [0.1, 0.15) is 0 Å². The van der Waals surface area contributed by atoms with E-state index in [1.165, 1.54) is 0 Å². The van der Waals surface area contributed by atoms with Gasteiger partial charge in [-0.05, 0) is 0 Å². The first-order valence-electron chi connectivity index (χ1n) is 2.92. The molecule has 0 rings (SSSR count). The molecule has 0 unspecified atom stereocenters. The number of rotatable bonds is 0. The summed E-state index contributed by atoms with van der Waals surface area (Å²) in [5.74, 6) is 0. The minimum absolute atomic E-state index is 0. The normalized spacial score (nSPS) is 9.83. The molecule has 0 saturated heterocycles. The van der Waals surface area contributed by atoms with Crippen molar-refractivity contribution in [3.05, 3.63) is 0 Å². The Kier molecular flexibility index (Phi) is 46.5. The van der Waals surface area contributed by atoms with Gasteiger partial charge in [-0.3, -0.25) is 0 Å². The molecule has 136 valence electrons. The van der Waals surface area contributed by atoms with E-state index in [4.69, 9.17) is 77.0 Å². The Bertz CT molecular complexity index is 292. The summed E-state index contributed by atoms with van der Waals surface area (Å²) < 4.78 is 34.2. The molecule has 0 aliphatic rings. The minimum Gasteiger partial charge on any atom is -0.822 e. The van der Waals surface area contributed by atoms with E-state index in [9.17, 15) is 0 Å². The molecule has 0 bridgehead atoms. The molecule has 0 atom stereocenters. The fourth-order valence-electron chi connectivity index (χ4n) is 0. The summed E-state index contributed by atoms with van der Waals surface area (Å²) in [4.78, 5) is 103. The molecule has 0 aromatic carbocycles. The molecular formula is H2O17P4Sn3. The molecule has 0 radical (unpaired) electrons. The van der Waals surface area contributed by atoms with Crippen LogP contribution in [-0.2, 0) is 18.3 Å². The van der Waals surface area contributed by atoms with Crippen molar-refractivity contribution in [2.75, 3.05) is 0 Å². The smallest absolute Gasteiger partial charge is 0.822 e. The Morgan fingerprint density at radius 3 is 0.333 bits per heavy atom. The van der Waals surface area contributed by atoms with Crippen LogP contribution >= 0.6 is 31.3 Å². The zero-order valence-corrected chi connectivity index (χ0v) is 22.5. The standard InChI is InChI=1S/4H3O4P.H2O.3Sn/c4*1-5(2,3)4;;;;/h4*(H3,1,2,3,4);1H2;;;/q;;;;;3*+4/p-12. The fraction of sp³-hybridized carbons (Fsp3) is 0. The summed E-state index contributed by atoms with van der Waals surface area (Å²) in [6.07, 6.45) is 0. The van der Waals surface area contributed by atoms with Crippen LogP contribution in [0.25, 0.3) is 0 Å². The summed E-state index contributed by atoms with van der Waals surface area (Å²) in [6, 6.07) is 0. The summed E-state index contributed by atoms with van der Waals surface area (Å²) in [5, 5.41) is 0. The maximum Gasteiger partial charge on any atom is 4.00 e. The predicted molar refractivity (Wildman–Crippen MR) is 51.3 cm³/mol. The van der Waals surface area contributed by atoms with E-state index in [-0.39, 0.29) is 77.2 Å². The zero-order chi connectivity index (χ0) is 18.0. The van der Waals surface area contributed by atoms with Gasteiger partial charge < -0.3 is 82.5 Å². The minimum atomic E-state index is -5.39. The van der Waals surface area contributed by atoms with Gasteiger partial charge in [0, 0.05) is 0 Å². The van der Waals surface area contributed by atoms with Gasteiger partial charge >= 0.3 is 71.7 Å². The Hall–Kier alpha value is 2.80. The number of phosphoric acid groups is 4. The largest absolute Gasteiger partial charge is 4.00 e. The molecule has 2 N–H and O–H groups in total. The first-order valence-corrected chi connectivity index (χ1v) is 8.76. The molecule has 24 heavy (non-hydrogen) atoms. The van der Waals surface area contributed by atoms with Crippen molar-refractivity contribution in [3.63, 3.8) is 0 Å². The first kappa shape index (κ1) is 50.5. The average Bonchev–Trinajstić information content (AvgIpc) is 1.62. The van der Waals surface area contributed by atoms with Gasteiger partial charge in [-0.15, -0.1) is 0 Å². The monoisotopic (exact) mass is 758 g/mol. The molecule has 0 aromatic rings. The van der Waals surface area contributed by atoms with E-state index in [0.29, 0.717) is 0 Å². The third-order valence-electron chi connectivity index (χ3n) is 0. The van der Waals surface area contributed by atoms with Gasteiger partial charge in [0.25, 0.3) is 0 Å². The van der Waals surface area contributed by atoms with E-state index in [1.54, 1.807) is 0 Å². The Morgan fingerprint density at radius 1 is 0.333 bits per heavy atom. The van der Waals surface area contributed by atoms with Gasteiger partial charge in [-0.1, -0.05) is 0 Å². The average molecular weight is 754 g/mol. The van der Waals surface area contributed by atoms with Crippen LogP contribution in [-0.4, -0.2) is 77.2 Å². The third kappa shape index (κ3) is 1800. The Morgan fingerprint density at radius 2 is 0.333 bits per heavy atom. The Labute approximate surface area is 184 Å². The molecule has 17 nitrogen and oxygen atoms in total. The van der Waals surface area contributed by atoms with Gasteiger partial charge in [0.15, 0.2) is 0 Å². The number of hydrogen-bond donors (Lipinski definition) is 0. The van der Waals surface area contributed by atoms with Crippen molar-refractivity contribution in [1.29, 1.82) is 0 Å². The molecule has 0 heterocycles. The van der Waals surface area contributed by atoms with Crippen LogP contribution in [0.5, 0.6) is 0 Å². The van der Waals surface area contributed by atoms with Crippen LogP contribution < -0.4 is 58.7 Å². The van der Waals surface area contributed by atoms with Crippen LogP contribution in [0.15, 0.2) is 0 Å². The second-order valence-corrected chi connectivity index (χ2v) is 5.37. The molecule has 0 fully saturated rings. The number of hydrogen-bond acceptors (Lipinski definition) is 16. The van der Waals surface area contributed by atoms with Crippen LogP contribution in [0.1, 0.15) is 0 Å². The van der Waals surface area contributed by atoms with Crippen molar-refractivity contribution in [1.82, 2.24) is 0 Å². The fourth-order valence-corrected chi connectivity index (χ4v) is 0. The summed E-state index contributed by atoms with van der Waals surface area (Å²) in [5.41, 5.74) is 0. The molecule has 0 aliphatic heterocycles. The second-order valence-electron chi connectivity index (χ2n) is 1.79. The van der Waals surface area contributed by atoms with Crippen molar-refractivity contribution >= 4 is 103 Å². The van der Waals surface area contributed by atoms with E-state index in [2.05, 4.69) is 0 Å². The topological polar surface area (TPSA) is 376 Å². The molecule has 0 aromatic heterocycles. The molecule has 0 spiro atoms. The third-order valence-corrected chi connectivity index (χ3v) is 0. The second kappa shape index (κ2) is 22.1. The summed E-state index contributed by atoms with van der Waals surface area (Å²) >= 11 is 0. The predicted octanol–water partition coefficient (Wildman–Crippen LogP) is -13.3. The van der Waals surface area contributed by atoms with E-state index in [1.807, 2.05) is 0 Å². The van der Waals surface area contributed by atoms with Crippen molar-refractivity contribution < 1.29 is 82.5 Å². The molecule has 0 amide bonds. The summed E-state index contributed by atoms with van der Waals surface area (Å²) in [7, 11) is -21.6. The van der Waals surface area contributed by atoms with E-state index < -0.39 is 31.3 Å². The molecule has 0 saturated carbocycles. The molecular weight excluding hydrogens is 752 g/mol. The van der Waals surface area contributed by atoms with Crippen molar-refractivity contribution in [2.24, 2.45) is 0 Å². The van der Waals surface area contributed by atoms with Gasteiger partial charge in [0.05, 0.1) is 0 Å². The summed E-state index contributed by atoms with van der Waals surface area (Å²) in [6.45, 7) is 0. The first-order chi connectivity index (χ1) is 8.00. The van der Waals surface area contributed by atoms with E-state index >= 15 is 0 Å². The molecule has 0 aliphatic carbocycles. The Balaban J connectivity index is -0.0000000225. The van der Waals surface area contributed by atoms with Gasteiger partial charge in [-0.2, -0.15) is 31.3 Å². The van der Waals surface area contributed by atoms with Gasteiger partial charge in [0.2, 0.25) is 0 Å². The maximum absolute atomic E-state index is 8.55.